The minimum atomic E-state index is -0.0577. The van der Waals surface area contributed by atoms with Gasteiger partial charge in [0.2, 0.25) is 5.91 Å². The lowest BCUT2D eigenvalue weighted by atomic mass is 9.74. The van der Waals surface area contributed by atoms with Gasteiger partial charge in [0.1, 0.15) is 0 Å². The molecule has 2 N–H and O–H groups in total. The molecule has 1 saturated heterocycles. The third-order valence-corrected chi connectivity index (χ3v) is 4.72. The normalized spacial score (nSPS) is 17.9. The lowest BCUT2D eigenvalue weighted by molar-refractivity contribution is -0.124. The number of rotatable bonds is 6. The van der Waals surface area contributed by atoms with Crippen LogP contribution in [0.3, 0.4) is 0 Å². The fourth-order valence-electron chi connectivity index (χ4n) is 2.96. The molecule has 0 radical (unpaired) electrons. The van der Waals surface area contributed by atoms with E-state index in [1.165, 1.54) is 5.56 Å². The minimum absolute atomic E-state index is 0. The summed E-state index contributed by atoms with van der Waals surface area (Å²) >= 11 is 6.00. The Balaban J connectivity index is 0.00000264. The van der Waals surface area contributed by atoms with Crippen LogP contribution in [0.1, 0.15) is 25.3 Å². The average Bonchev–Trinajstić information content (AvgIpc) is 2.54. The van der Waals surface area contributed by atoms with Crippen molar-refractivity contribution in [3.8, 4) is 0 Å². The molecule has 1 amide bonds. The van der Waals surface area contributed by atoms with Gasteiger partial charge in [0.05, 0.1) is 0 Å². The van der Waals surface area contributed by atoms with Gasteiger partial charge in [-0.15, -0.1) is 12.4 Å². The van der Waals surface area contributed by atoms with E-state index in [9.17, 15) is 4.79 Å². The van der Waals surface area contributed by atoms with Gasteiger partial charge in [-0.25, -0.2) is 0 Å². The molecule has 1 aromatic rings. The number of carbonyl (C=O) groups excluding carboxylic acids is 1. The van der Waals surface area contributed by atoms with E-state index >= 15 is 0 Å². The molecular weight excluding hydrogens is 335 g/mol. The number of ether oxygens (including phenoxy) is 1. The molecule has 1 aliphatic heterocycles. The molecule has 1 aliphatic rings. The van der Waals surface area contributed by atoms with Crippen molar-refractivity contribution >= 4 is 29.9 Å². The van der Waals surface area contributed by atoms with E-state index < -0.39 is 0 Å². The Bertz CT molecular complexity index is 488. The van der Waals surface area contributed by atoms with Gasteiger partial charge in [0.25, 0.3) is 0 Å². The zero-order chi connectivity index (χ0) is 16.0. The molecule has 0 aliphatic carbocycles. The fourth-order valence-corrected chi connectivity index (χ4v) is 3.09. The van der Waals surface area contributed by atoms with Gasteiger partial charge in [-0.1, -0.05) is 30.7 Å². The smallest absolute Gasteiger partial charge is 0.224 e. The maximum atomic E-state index is 12.2. The summed E-state index contributed by atoms with van der Waals surface area (Å²) in [5, 5.41) is 6.90. The van der Waals surface area contributed by atoms with Crippen LogP contribution in [0.2, 0.25) is 5.02 Å². The average molecular weight is 361 g/mol. The van der Waals surface area contributed by atoms with E-state index in [4.69, 9.17) is 16.3 Å². The molecule has 1 aromatic carbocycles. The van der Waals surface area contributed by atoms with Gasteiger partial charge >= 0.3 is 0 Å². The van der Waals surface area contributed by atoms with Crippen molar-refractivity contribution in [2.45, 2.75) is 25.2 Å². The van der Waals surface area contributed by atoms with E-state index in [2.05, 4.69) is 22.8 Å². The number of benzene rings is 1. The second-order valence-electron chi connectivity index (χ2n) is 6.08. The van der Waals surface area contributed by atoms with Crippen LogP contribution in [0.25, 0.3) is 0 Å². The first-order chi connectivity index (χ1) is 10.6. The zero-order valence-corrected chi connectivity index (χ0v) is 15.3. The molecule has 0 aromatic heterocycles. The Morgan fingerprint density at radius 1 is 1.30 bits per heavy atom. The predicted octanol–water partition coefficient (Wildman–Crippen LogP) is 2.78. The largest absolute Gasteiger partial charge is 0.381 e. The van der Waals surface area contributed by atoms with Crippen LogP contribution in [0, 0.1) is 5.92 Å². The van der Waals surface area contributed by atoms with E-state index in [0.717, 1.165) is 31.1 Å². The second kappa shape index (κ2) is 9.48. The third kappa shape index (κ3) is 5.35. The second-order valence-corrected chi connectivity index (χ2v) is 6.51. The summed E-state index contributed by atoms with van der Waals surface area (Å²) in [6.07, 6.45) is 1.82. The highest BCUT2D eigenvalue weighted by molar-refractivity contribution is 6.30. The first kappa shape index (κ1) is 20.2. The molecule has 130 valence electrons. The van der Waals surface area contributed by atoms with Crippen molar-refractivity contribution in [3.63, 3.8) is 0 Å². The van der Waals surface area contributed by atoms with E-state index in [-0.39, 0.29) is 29.6 Å². The van der Waals surface area contributed by atoms with Gasteiger partial charge in [-0.3, -0.25) is 4.79 Å². The molecule has 0 bridgehead atoms. The van der Waals surface area contributed by atoms with Crippen molar-refractivity contribution in [2.75, 3.05) is 33.4 Å². The van der Waals surface area contributed by atoms with Crippen LogP contribution in [0.5, 0.6) is 0 Å². The first-order valence-corrected chi connectivity index (χ1v) is 8.21. The quantitative estimate of drug-likeness (QED) is 0.819. The lowest BCUT2D eigenvalue weighted by Gasteiger charge is -2.38. The maximum absolute atomic E-state index is 12.2. The standard InChI is InChI=1S/C17H25ClN2O2.ClH/c1-13(11-19-2)16(21)20-12-17(7-9-22-10-8-17)14-3-5-15(18)6-4-14;/h3-6,13,19H,7-12H2,1-2H3,(H,20,21);1H. The number of halogens is 2. The number of hydrogen-bond acceptors (Lipinski definition) is 3. The van der Waals surface area contributed by atoms with Gasteiger partial charge < -0.3 is 15.4 Å². The topological polar surface area (TPSA) is 50.4 Å². The number of nitrogens with one attached hydrogen (secondary N) is 2. The van der Waals surface area contributed by atoms with Gasteiger partial charge in [0.15, 0.2) is 0 Å². The monoisotopic (exact) mass is 360 g/mol. The maximum Gasteiger partial charge on any atom is 0.224 e. The molecule has 4 nitrogen and oxygen atoms in total. The highest BCUT2D eigenvalue weighted by Crippen LogP contribution is 2.34. The van der Waals surface area contributed by atoms with E-state index in [0.29, 0.717) is 13.1 Å². The minimum Gasteiger partial charge on any atom is -0.381 e. The highest BCUT2D eigenvalue weighted by atomic mass is 35.5. The Morgan fingerprint density at radius 3 is 2.48 bits per heavy atom. The molecule has 2 rings (SSSR count). The molecule has 1 fully saturated rings. The summed E-state index contributed by atoms with van der Waals surface area (Å²) in [4.78, 5) is 12.2. The third-order valence-electron chi connectivity index (χ3n) is 4.47. The van der Waals surface area contributed by atoms with E-state index in [1.54, 1.807) is 0 Å². The molecule has 0 spiro atoms. The summed E-state index contributed by atoms with van der Waals surface area (Å²) in [5.74, 6) is 0.0567. The molecule has 1 atom stereocenters. The Labute approximate surface area is 149 Å². The summed E-state index contributed by atoms with van der Waals surface area (Å²) in [6, 6.07) is 7.97. The van der Waals surface area contributed by atoms with Crippen molar-refractivity contribution in [1.82, 2.24) is 10.6 Å². The molecule has 1 unspecified atom stereocenters. The molecular formula is C17H26Cl2N2O2. The Hall–Kier alpha value is -0.810. The summed E-state index contributed by atoms with van der Waals surface area (Å²) in [5.41, 5.74) is 1.17. The molecule has 23 heavy (non-hydrogen) atoms. The number of carbonyl (C=O) groups is 1. The van der Waals surface area contributed by atoms with Crippen LogP contribution in [-0.2, 0) is 14.9 Å². The fraction of sp³-hybridized carbons (Fsp3) is 0.588. The van der Waals surface area contributed by atoms with E-state index in [1.807, 2.05) is 26.1 Å². The zero-order valence-electron chi connectivity index (χ0n) is 13.7. The van der Waals surface area contributed by atoms with Gasteiger partial charge in [-0.2, -0.15) is 0 Å². The van der Waals surface area contributed by atoms with Crippen molar-refractivity contribution < 1.29 is 9.53 Å². The van der Waals surface area contributed by atoms with Crippen LogP contribution in [-0.4, -0.2) is 39.3 Å². The Morgan fingerprint density at radius 2 is 1.91 bits per heavy atom. The SMILES string of the molecule is CNCC(C)C(=O)NCC1(c2ccc(Cl)cc2)CCOCC1.Cl. The Kier molecular flexibility index (Phi) is 8.34. The van der Waals surface area contributed by atoms with Gasteiger partial charge in [-0.05, 0) is 37.6 Å². The lowest BCUT2D eigenvalue weighted by Crippen LogP contribution is -2.46. The van der Waals surface area contributed by atoms with Crippen molar-refractivity contribution in [3.05, 3.63) is 34.9 Å². The van der Waals surface area contributed by atoms with Crippen LogP contribution >= 0.6 is 24.0 Å². The van der Waals surface area contributed by atoms with Crippen molar-refractivity contribution in [2.24, 2.45) is 5.92 Å². The molecule has 6 heteroatoms. The summed E-state index contributed by atoms with van der Waals surface area (Å²) in [6.45, 7) is 4.72. The van der Waals surface area contributed by atoms with Crippen LogP contribution < -0.4 is 10.6 Å². The van der Waals surface area contributed by atoms with Crippen LogP contribution in [0.15, 0.2) is 24.3 Å². The summed E-state index contributed by atoms with van der Waals surface area (Å²) in [7, 11) is 1.86. The number of amides is 1. The summed E-state index contributed by atoms with van der Waals surface area (Å²) < 4.78 is 5.51. The van der Waals surface area contributed by atoms with Gasteiger partial charge in [0, 0.05) is 42.7 Å². The highest BCUT2D eigenvalue weighted by Gasteiger charge is 2.35. The molecule has 1 heterocycles. The van der Waals surface area contributed by atoms with Crippen molar-refractivity contribution in [1.29, 1.82) is 0 Å². The van der Waals surface area contributed by atoms with Crippen LogP contribution in [0.4, 0.5) is 0 Å². The number of hydrogen-bond donors (Lipinski definition) is 2. The predicted molar refractivity (Wildman–Crippen MR) is 96.5 cm³/mol. The molecule has 0 saturated carbocycles. The first-order valence-electron chi connectivity index (χ1n) is 7.83.